The van der Waals surface area contributed by atoms with Crippen LogP contribution in [0.25, 0.3) is 0 Å². The second-order valence-corrected chi connectivity index (χ2v) is 8.38. The first-order valence-corrected chi connectivity index (χ1v) is 10.6. The fourth-order valence-electron chi connectivity index (χ4n) is 4.02. The second-order valence-electron chi connectivity index (χ2n) is 7.28. The van der Waals surface area contributed by atoms with E-state index < -0.39 is 0 Å². The average molecular weight is 391 g/mol. The van der Waals surface area contributed by atoms with Crippen LogP contribution >= 0.6 is 11.3 Å². The number of ether oxygens (including phenoxy) is 1. The van der Waals surface area contributed by atoms with Gasteiger partial charge in [-0.05, 0) is 42.9 Å². The highest BCUT2D eigenvalue weighted by molar-refractivity contribution is 7.16. The minimum atomic E-state index is -0.285. The number of amides is 1. The van der Waals surface area contributed by atoms with E-state index >= 15 is 0 Å². The third kappa shape index (κ3) is 3.16. The molecule has 4 nitrogen and oxygen atoms in total. The molecule has 1 amide bonds. The Morgan fingerprint density at radius 1 is 0.964 bits per heavy atom. The van der Waals surface area contributed by atoms with E-state index in [-0.39, 0.29) is 12.1 Å². The van der Waals surface area contributed by atoms with Crippen molar-refractivity contribution in [3.8, 4) is 5.75 Å². The van der Waals surface area contributed by atoms with Crippen LogP contribution in [0.15, 0.2) is 54.6 Å². The van der Waals surface area contributed by atoms with Crippen molar-refractivity contribution < 1.29 is 9.53 Å². The quantitative estimate of drug-likeness (QED) is 0.655. The van der Waals surface area contributed by atoms with E-state index in [1.807, 2.05) is 54.6 Å². The maximum absolute atomic E-state index is 12.9. The van der Waals surface area contributed by atoms with E-state index in [2.05, 4.69) is 10.6 Å². The van der Waals surface area contributed by atoms with Crippen molar-refractivity contribution in [1.29, 1.82) is 0 Å². The molecule has 0 bridgehead atoms. The molecule has 0 unspecified atom stereocenters. The number of aryl methyl sites for hydroxylation is 1. The highest BCUT2D eigenvalue weighted by atomic mass is 32.1. The van der Waals surface area contributed by atoms with Gasteiger partial charge in [-0.1, -0.05) is 48.5 Å². The molecule has 0 saturated heterocycles. The maximum atomic E-state index is 12.9. The van der Waals surface area contributed by atoms with Gasteiger partial charge < -0.3 is 15.4 Å². The van der Waals surface area contributed by atoms with Crippen molar-refractivity contribution in [3.05, 3.63) is 81.7 Å². The normalized spacial score (nSPS) is 17.9. The summed E-state index contributed by atoms with van der Waals surface area (Å²) in [6.07, 6.45) is 4.20. The first-order chi connectivity index (χ1) is 13.8. The molecule has 2 aliphatic rings. The van der Waals surface area contributed by atoms with Crippen LogP contribution in [0.3, 0.4) is 0 Å². The minimum Gasteiger partial charge on any atom is -0.488 e. The van der Waals surface area contributed by atoms with E-state index in [0.29, 0.717) is 6.61 Å². The zero-order valence-corrected chi connectivity index (χ0v) is 16.4. The molecule has 2 aromatic carbocycles. The number of carbonyl (C=O) groups excluding carboxylic acids is 1. The third-order valence-electron chi connectivity index (χ3n) is 5.42. The molecule has 2 N–H and O–H groups in total. The summed E-state index contributed by atoms with van der Waals surface area (Å²) >= 11 is 1.74. The molecular formula is C23H22N2O2S. The molecule has 0 spiro atoms. The number of thiophene rings is 1. The van der Waals surface area contributed by atoms with E-state index in [4.69, 9.17) is 4.74 Å². The molecule has 1 atom stereocenters. The number of benzene rings is 2. The SMILES string of the molecule is O=C1N[C@H](c2ccccc2OCc2ccccc2)Nc2sc3c(c21)CCCC3. The standard InChI is InChI=1S/C23H22N2O2S/c26-22-20-17-11-5-7-13-19(17)28-23(20)25-21(24-22)16-10-4-6-12-18(16)27-14-15-8-2-1-3-9-15/h1-4,6,8-10,12,21,25H,5,7,11,13-14H2,(H,24,26)/t21-/m0/s1. The van der Waals surface area contributed by atoms with Crippen LogP contribution in [0.1, 0.15) is 50.9 Å². The highest BCUT2D eigenvalue weighted by Gasteiger charge is 2.32. The molecule has 0 radical (unpaired) electrons. The number of nitrogens with one attached hydrogen (secondary N) is 2. The van der Waals surface area contributed by atoms with E-state index in [9.17, 15) is 4.79 Å². The summed E-state index contributed by atoms with van der Waals surface area (Å²) < 4.78 is 6.09. The average Bonchev–Trinajstić information content (AvgIpc) is 3.12. The molecule has 142 valence electrons. The van der Waals surface area contributed by atoms with Gasteiger partial charge >= 0.3 is 0 Å². The van der Waals surface area contributed by atoms with Crippen LogP contribution in [-0.4, -0.2) is 5.91 Å². The number of anilines is 1. The number of rotatable bonds is 4. The molecule has 3 aromatic rings. The first-order valence-electron chi connectivity index (χ1n) is 9.77. The summed E-state index contributed by atoms with van der Waals surface area (Å²) in [6.45, 7) is 0.497. The maximum Gasteiger partial charge on any atom is 0.256 e. The summed E-state index contributed by atoms with van der Waals surface area (Å²) in [4.78, 5) is 14.3. The fraction of sp³-hybridized carbons (Fsp3) is 0.261. The van der Waals surface area contributed by atoms with E-state index in [1.165, 1.54) is 23.3 Å². The largest absolute Gasteiger partial charge is 0.488 e. The summed E-state index contributed by atoms with van der Waals surface area (Å²) in [5.74, 6) is 0.810. The molecule has 0 saturated carbocycles. The van der Waals surface area contributed by atoms with Crippen LogP contribution in [0.5, 0.6) is 5.75 Å². The van der Waals surface area contributed by atoms with Crippen LogP contribution in [0.2, 0.25) is 0 Å². The van der Waals surface area contributed by atoms with Crippen LogP contribution in [-0.2, 0) is 19.4 Å². The molecule has 5 rings (SSSR count). The minimum absolute atomic E-state index is 0.0241. The van der Waals surface area contributed by atoms with Crippen LogP contribution < -0.4 is 15.4 Å². The lowest BCUT2D eigenvalue weighted by atomic mass is 9.94. The summed E-state index contributed by atoms with van der Waals surface area (Å²) in [5.41, 5.74) is 4.18. The number of fused-ring (bicyclic) bond motifs is 3. The molecular weight excluding hydrogens is 368 g/mol. The second kappa shape index (κ2) is 7.32. The number of hydrogen-bond acceptors (Lipinski definition) is 4. The lowest BCUT2D eigenvalue weighted by molar-refractivity contribution is 0.0934. The fourth-order valence-corrected chi connectivity index (χ4v) is 5.33. The molecule has 0 fully saturated rings. The Balaban J connectivity index is 1.41. The number of para-hydroxylation sites is 1. The molecule has 5 heteroatoms. The molecule has 1 aliphatic carbocycles. The molecule has 28 heavy (non-hydrogen) atoms. The Morgan fingerprint density at radius 3 is 2.64 bits per heavy atom. The molecule has 2 heterocycles. The van der Waals surface area contributed by atoms with Crippen LogP contribution in [0.4, 0.5) is 5.00 Å². The Morgan fingerprint density at radius 2 is 1.75 bits per heavy atom. The van der Waals surface area contributed by atoms with Crippen molar-refractivity contribution in [2.45, 2.75) is 38.5 Å². The van der Waals surface area contributed by atoms with Gasteiger partial charge in [-0.3, -0.25) is 4.79 Å². The Hall–Kier alpha value is -2.79. The number of carbonyl (C=O) groups is 1. The predicted octanol–water partition coefficient (Wildman–Crippen LogP) is 5.06. The van der Waals surface area contributed by atoms with Gasteiger partial charge in [0.25, 0.3) is 5.91 Å². The van der Waals surface area contributed by atoms with E-state index in [0.717, 1.165) is 40.3 Å². The van der Waals surface area contributed by atoms with Crippen molar-refractivity contribution in [3.63, 3.8) is 0 Å². The van der Waals surface area contributed by atoms with Gasteiger partial charge in [0.05, 0.1) is 5.56 Å². The highest BCUT2D eigenvalue weighted by Crippen LogP contribution is 2.42. The zero-order chi connectivity index (χ0) is 18.9. The molecule has 1 aromatic heterocycles. The molecule has 1 aliphatic heterocycles. The lowest BCUT2D eigenvalue weighted by Crippen LogP contribution is -2.38. The third-order valence-corrected chi connectivity index (χ3v) is 6.64. The summed E-state index contributed by atoms with van der Waals surface area (Å²) in [5, 5.41) is 7.68. The first kappa shape index (κ1) is 17.3. The van der Waals surface area contributed by atoms with E-state index in [1.54, 1.807) is 11.3 Å². The van der Waals surface area contributed by atoms with Gasteiger partial charge in [0.15, 0.2) is 0 Å². The van der Waals surface area contributed by atoms with Crippen molar-refractivity contribution in [1.82, 2.24) is 5.32 Å². The number of hydrogen-bond donors (Lipinski definition) is 2. The zero-order valence-electron chi connectivity index (χ0n) is 15.5. The topological polar surface area (TPSA) is 50.4 Å². The van der Waals surface area contributed by atoms with Crippen molar-refractivity contribution in [2.24, 2.45) is 0 Å². The predicted molar refractivity (Wildman–Crippen MR) is 112 cm³/mol. The van der Waals surface area contributed by atoms with Crippen molar-refractivity contribution >= 4 is 22.2 Å². The Bertz CT molecular complexity index is 1010. The van der Waals surface area contributed by atoms with Gasteiger partial charge in [-0.25, -0.2) is 0 Å². The lowest BCUT2D eigenvalue weighted by Gasteiger charge is -2.28. The monoisotopic (exact) mass is 390 g/mol. The van der Waals surface area contributed by atoms with Gasteiger partial charge in [0, 0.05) is 10.4 Å². The van der Waals surface area contributed by atoms with Gasteiger partial charge in [0.1, 0.15) is 23.5 Å². The Labute approximate surface area is 168 Å². The van der Waals surface area contributed by atoms with Crippen molar-refractivity contribution in [2.75, 3.05) is 5.32 Å². The summed E-state index contributed by atoms with van der Waals surface area (Å²) in [6, 6.07) is 18.0. The summed E-state index contributed by atoms with van der Waals surface area (Å²) in [7, 11) is 0. The smallest absolute Gasteiger partial charge is 0.256 e. The van der Waals surface area contributed by atoms with Gasteiger partial charge in [-0.2, -0.15) is 0 Å². The van der Waals surface area contributed by atoms with Crippen LogP contribution in [0, 0.1) is 0 Å². The Kier molecular flexibility index (Phi) is 4.53. The van der Waals surface area contributed by atoms with Gasteiger partial charge in [0.2, 0.25) is 0 Å². The van der Waals surface area contributed by atoms with Gasteiger partial charge in [-0.15, -0.1) is 11.3 Å².